The van der Waals surface area contributed by atoms with Gasteiger partial charge in [-0.25, -0.2) is 0 Å². The molecule has 2 fully saturated rings. The van der Waals surface area contributed by atoms with Crippen LogP contribution in [0.15, 0.2) is 72.3 Å². The minimum atomic E-state index is -0.360. The molecule has 2 saturated heterocycles. The molecule has 0 bridgehead atoms. The van der Waals surface area contributed by atoms with Gasteiger partial charge >= 0.3 is 14.2 Å². The van der Waals surface area contributed by atoms with E-state index in [1.165, 1.54) is 75.8 Å². The second kappa shape index (κ2) is 13.1. The maximum Gasteiger partial charge on any atom is 0.494 e. The normalized spacial score (nSPS) is 25.2. The predicted octanol–water partition coefficient (Wildman–Crippen LogP) is 10.3. The van der Waals surface area contributed by atoms with Crippen molar-refractivity contribution in [3.63, 3.8) is 0 Å². The van der Waals surface area contributed by atoms with Crippen molar-refractivity contribution in [1.29, 1.82) is 0 Å². The van der Waals surface area contributed by atoms with Gasteiger partial charge in [-0.2, -0.15) is 0 Å². The summed E-state index contributed by atoms with van der Waals surface area (Å²) < 4.78 is 25.6. The molecule has 3 aromatic rings. The molecule has 274 valence electrons. The van der Waals surface area contributed by atoms with Crippen LogP contribution in [0.5, 0.6) is 0 Å². The Labute approximate surface area is 315 Å². The number of hydrogen-bond donors (Lipinski definition) is 0. The first-order chi connectivity index (χ1) is 24.4. The summed E-state index contributed by atoms with van der Waals surface area (Å²) in [6, 6.07) is 20.8. The average molecular weight is 699 g/mol. The van der Waals surface area contributed by atoms with E-state index in [1.807, 2.05) is 0 Å². The highest BCUT2D eigenvalue weighted by atomic mass is 16.7. The molecule has 7 rings (SSSR count). The van der Waals surface area contributed by atoms with Crippen LogP contribution >= 0.6 is 0 Å². The van der Waals surface area contributed by atoms with Crippen LogP contribution in [0, 0.1) is 13.8 Å². The van der Waals surface area contributed by atoms with E-state index in [2.05, 4.69) is 150 Å². The third kappa shape index (κ3) is 6.30. The summed E-state index contributed by atoms with van der Waals surface area (Å²) in [7, 11) is -0.704. The molecule has 2 aliphatic carbocycles. The summed E-state index contributed by atoms with van der Waals surface area (Å²) in [5.74, 6) is 0.333. The number of unbranched alkanes of at least 4 members (excludes halogenated alkanes) is 3. The van der Waals surface area contributed by atoms with Crippen molar-refractivity contribution >= 4 is 30.7 Å². The molecule has 2 unspecified atom stereocenters. The second-order valence-electron chi connectivity index (χ2n) is 18.3. The quantitative estimate of drug-likeness (QED) is 0.165. The lowest BCUT2D eigenvalue weighted by Crippen LogP contribution is -2.41. The van der Waals surface area contributed by atoms with Crippen LogP contribution in [0.3, 0.4) is 0 Å². The molecule has 0 radical (unpaired) electrons. The average Bonchev–Trinajstić information content (AvgIpc) is 3.56. The molecule has 0 amide bonds. The molecule has 0 spiro atoms. The number of rotatable bonds is 9. The van der Waals surface area contributed by atoms with E-state index in [9.17, 15) is 0 Å². The lowest BCUT2D eigenvalue weighted by atomic mass is 9.71. The zero-order valence-electron chi connectivity index (χ0n) is 34.0. The zero-order chi connectivity index (χ0) is 37.4. The van der Waals surface area contributed by atoms with E-state index < -0.39 is 0 Å². The Hall–Kier alpha value is -2.89. The fraction of sp³-hybridized carbons (Fsp3) is 0.522. The van der Waals surface area contributed by atoms with Gasteiger partial charge in [0, 0.05) is 11.3 Å². The number of aryl methyl sites for hydroxylation is 2. The van der Waals surface area contributed by atoms with Crippen LogP contribution in [0.25, 0.3) is 16.7 Å². The Kier molecular flexibility index (Phi) is 9.46. The van der Waals surface area contributed by atoms with Crippen LogP contribution in [0.1, 0.15) is 141 Å². The predicted molar refractivity (Wildman–Crippen MR) is 219 cm³/mol. The molecule has 2 aliphatic heterocycles. The van der Waals surface area contributed by atoms with E-state index in [1.54, 1.807) is 0 Å². The minimum Gasteiger partial charge on any atom is -0.399 e. The van der Waals surface area contributed by atoms with Crippen LogP contribution in [-0.4, -0.2) is 36.6 Å². The van der Waals surface area contributed by atoms with Gasteiger partial charge in [0.2, 0.25) is 0 Å². The summed E-state index contributed by atoms with van der Waals surface area (Å²) in [6.07, 6.45) is 12.3. The second-order valence-corrected chi connectivity index (χ2v) is 18.3. The van der Waals surface area contributed by atoms with Crippen molar-refractivity contribution in [3.8, 4) is 11.1 Å². The Bertz CT molecular complexity index is 1900. The Morgan fingerprint density at radius 1 is 0.635 bits per heavy atom. The first-order valence-electron chi connectivity index (χ1n) is 19.9. The minimum absolute atomic E-state index is 0.0450. The number of benzene rings is 3. The third-order valence-electron chi connectivity index (χ3n) is 13.6. The molecule has 4 aliphatic rings. The molecular formula is C46H60B2O4. The van der Waals surface area contributed by atoms with Gasteiger partial charge in [-0.3, -0.25) is 0 Å². The van der Waals surface area contributed by atoms with Gasteiger partial charge in [0.05, 0.1) is 22.4 Å². The molecule has 4 nitrogen and oxygen atoms in total. The molecule has 52 heavy (non-hydrogen) atoms. The third-order valence-corrected chi connectivity index (χ3v) is 13.6. The zero-order valence-corrected chi connectivity index (χ0v) is 34.0. The lowest BCUT2D eigenvalue weighted by Gasteiger charge is -2.32. The maximum absolute atomic E-state index is 6.40. The Morgan fingerprint density at radius 3 is 1.75 bits per heavy atom. The summed E-state index contributed by atoms with van der Waals surface area (Å²) in [4.78, 5) is 0. The van der Waals surface area contributed by atoms with Crippen molar-refractivity contribution in [1.82, 2.24) is 0 Å². The topological polar surface area (TPSA) is 36.9 Å². The molecule has 0 saturated carbocycles. The summed E-state index contributed by atoms with van der Waals surface area (Å²) >= 11 is 0. The highest BCUT2D eigenvalue weighted by Crippen LogP contribution is 2.56. The summed E-state index contributed by atoms with van der Waals surface area (Å²) in [6.45, 7) is 26.2. The first kappa shape index (κ1) is 37.4. The lowest BCUT2D eigenvalue weighted by molar-refractivity contribution is 0.00578. The highest BCUT2D eigenvalue weighted by Gasteiger charge is 2.53. The maximum atomic E-state index is 6.40. The molecule has 2 atom stereocenters. The van der Waals surface area contributed by atoms with Crippen LogP contribution in [0.2, 0.25) is 0 Å². The fourth-order valence-electron chi connectivity index (χ4n) is 8.77. The monoisotopic (exact) mass is 698 g/mol. The van der Waals surface area contributed by atoms with E-state index in [0.29, 0.717) is 5.92 Å². The number of allylic oxidation sites excluding steroid dienone is 4. The molecule has 2 heterocycles. The van der Waals surface area contributed by atoms with E-state index in [4.69, 9.17) is 18.6 Å². The van der Waals surface area contributed by atoms with Gasteiger partial charge in [0.1, 0.15) is 0 Å². The Balaban J connectivity index is 1.20. The SMILES string of the molecule is CCCCCCC1(C)C2=CC(c3ccc(B4OC(C)(C)C(C)(C)O4)cc3C)CC=C2c2ccc(-c3ccc(B4OC(C)(C)C(C)(C)O4)cc3C)cc21. The largest absolute Gasteiger partial charge is 0.494 e. The fourth-order valence-corrected chi connectivity index (χ4v) is 8.77. The molecule has 6 heteroatoms. The first-order valence-corrected chi connectivity index (χ1v) is 19.9. The number of hydrogen-bond acceptors (Lipinski definition) is 4. The Morgan fingerprint density at radius 2 is 1.19 bits per heavy atom. The van der Waals surface area contributed by atoms with Crippen LogP contribution in [-0.2, 0) is 24.0 Å². The summed E-state index contributed by atoms with van der Waals surface area (Å²) in [5, 5.41) is 0. The van der Waals surface area contributed by atoms with Crippen LogP contribution < -0.4 is 10.9 Å². The van der Waals surface area contributed by atoms with E-state index >= 15 is 0 Å². The van der Waals surface area contributed by atoms with Crippen molar-refractivity contribution in [2.24, 2.45) is 0 Å². The smallest absolute Gasteiger partial charge is 0.399 e. The standard InChI is InChI=1S/C46H60B2O4/c1-13-14-15-16-25-46(12)40-28-32(36-23-19-34(26-30(36)2)47-49-42(4,5)43(6,7)50-47)17-21-38(40)39-22-18-33(29-41(39)46)37-24-20-35(27-31(37)3)48-51-44(8,9)45(10,11)52-48/h17,19-24,26-29,33H,13-16,18,25H2,1-12H3. The van der Waals surface area contributed by atoms with Gasteiger partial charge in [-0.1, -0.05) is 100 Å². The van der Waals surface area contributed by atoms with Crippen molar-refractivity contribution in [2.75, 3.05) is 0 Å². The molecule has 0 aromatic heterocycles. The van der Waals surface area contributed by atoms with Crippen LogP contribution in [0.4, 0.5) is 0 Å². The van der Waals surface area contributed by atoms with E-state index in [-0.39, 0.29) is 42.1 Å². The van der Waals surface area contributed by atoms with Crippen molar-refractivity contribution in [2.45, 2.75) is 155 Å². The molecule has 3 aromatic carbocycles. The molecular weight excluding hydrogens is 638 g/mol. The van der Waals surface area contributed by atoms with Gasteiger partial charge < -0.3 is 18.6 Å². The van der Waals surface area contributed by atoms with E-state index in [0.717, 1.165) is 23.8 Å². The summed E-state index contributed by atoms with van der Waals surface area (Å²) in [5.41, 5.74) is 13.0. The van der Waals surface area contributed by atoms with Crippen molar-refractivity contribution < 1.29 is 18.6 Å². The van der Waals surface area contributed by atoms with Gasteiger partial charge in [-0.05, 0) is 149 Å². The van der Waals surface area contributed by atoms with Gasteiger partial charge in [-0.15, -0.1) is 0 Å². The molecule has 0 N–H and O–H groups in total. The number of fused-ring (bicyclic) bond motifs is 3. The van der Waals surface area contributed by atoms with Gasteiger partial charge in [0.25, 0.3) is 0 Å². The van der Waals surface area contributed by atoms with Gasteiger partial charge in [0.15, 0.2) is 0 Å². The highest BCUT2D eigenvalue weighted by molar-refractivity contribution is 6.62. The van der Waals surface area contributed by atoms with Crippen molar-refractivity contribution in [3.05, 3.63) is 100 Å².